The molecule has 120 valence electrons. The van der Waals surface area contributed by atoms with Gasteiger partial charge in [-0.25, -0.2) is 4.79 Å². The Labute approximate surface area is 134 Å². The van der Waals surface area contributed by atoms with Crippen LogP contribution in [0.4, 0.5) is 0 Å². The van der Waals surface area contributed by atoms with Crippen molar-refractivity contribution in [2.75, 3.05) is 6.61 Å². The highest BCUT2D eigenvalue weighted by Gasteiger charge is 2.11. The van der Waals surface area contributed by atoms with E-state index in [1.165, 1.54) is 12.8 Å². The number of hydrogen-bond donors (Lipinski definition) is 0. The maximum absolute atomic E-state index is 12.1. The van der Waals surface area contributed by atoms with Crippen molar-refractivity contribution in [3.05, 3.63) is 47.5 Å². The quantitative estimate of drug-likeness (QED) is 0.445. The summed E-state index contributed by atoms with van der Waals surface area (Å²) in [5.41, 5.74) is 2.63. The van der Waals surface area contributed by atoms with Gasteiger partial charge in [0.2, 0.25) is 0 Å². The average molecular weight is 300 g/mol. The minimum absolute atomic E-state index is 0.228. The molecule has 22 heavy (non-hydrogen) atoms. The number of hydrogen-bond acceptors (Lipinski definition) is 2. The highest BCUT2D eigenvalue weighted by atomic mass is 16.5. The third-order valence-corrected chi connectivity index (χ3v) is 3.90. The van der Waals surface area contributed by atoms with E-state index < -0.39 is 0 Å². The van der Waals surface area contributed by atoms with Crippen molar-refractivity contribution in [2.24, 2.45) is 5.92 Å². The number of carbonyl (C=O) groups is 1. The van der Waals surface area contributed by atoms with E-state index in [-0.39, 0.29) is 5.97 Å². The SMILES string of the molecule is C=Cc1ccccc1/C=C(\C)C(=O)OCC(CC)CCCC. The van der Waals surface area contributed by atoms with E-state index in [2.05, 4.69) is 20.4 Å². The van der Waals surface area contributed by atoms with Gasteiger partial charge in [-0.2, -0.15) is 0 Å². The second-order valence-corrected chi connectivity index (χ2v) is 5.68. The molecule has 0 saturated heterocycles. The number of ether oxygens (including phenoxy) is 1. The molecule has 1 atom stereocenters. The van der Waals surface area contributed by atoms with Gasteiger partial charge in [-0.3, -0.25) is 0 Å². The van der Waals surface area contributed by atoms with Crippen LogP contribution in [0.2, 0.25) is 0 Å². The third-order valence-electron chi connectivity index (χ3n) is 3.90. The molecule has 0 amide bonds. The standard InChI is InChI=1S/C20H28O2/c1-5-8-11-17(6-2)15-22-20(21)16(4)14-19-13-10-9-12-18(19)7-3/h7,9-10,12-14,17H,3,5-6,8,11,15H2,1-2,4H3/b16-14+. The molecule has 1 aromatic carbocycles. The Hall–Kier alpha value is -1.83. The molecule has 2 nitrogen and oxygen atoms in total. The molecule has 0 spiro atoms. The van der Waals surface area contributed by atoms with Crippen LogP contribution in [0.1, 0.15) is 57.6 Å². The molecule has 0 bridgehead atoms. The minimum Gasteiger partial charge on any atom is -0.462 e. The molecular formula is C20H28O2. The summed E-state index contributed by atoms with van der Waals surface area (Å²) < 4.78 is 5.47. The van der Waals surface area contributed by atoms with Crippen molar-refractivity contribution in [2.45, 2.75) is 46.5 Å². The summed E-state index contributed by atoms with van der Waals surface area (Å²) in [5.74, 6) is 0.242. The molecule has 0 saturated carbocycles. The zero-order chi connectivity index (χ0) is 16.4. The Kier molecular flexibility index (Phi) is 8.27. The fourth-order valence-electron chi connectivity index (χ4n) is 2.33. The van der Waals surface area contributed by atoms with Crippen LogP contribution in [0.3, 0.4) is 0 Å². The molecule has 2 heteroatoms. The predicted octanol–water partition coefficient (Wildman–Crippen LogP) is 5.49. The summed E-state index contributed by atoms with van der Waals surface area (Å²) in [6, 6.07) is 7.87. The highest BCUT2D eigenvalue weighted by Crippen LogP contribution is 2.16. The minimum atomic E-state index is -0.228. The second kappa shape index (κ2) is 9.99. The van der Waals surface area contributed by atoms with Gasteiger partial charge in [-0.05, 0) is 36.5 Å². The van der Waals surface area contributed by atoms with Gasteiger partial charge in [0, 0.05) is 5.57 Å². The van der Waals surface area contributed by atoms with Gasteiger partial charge in [0.05, 0.1) is 6.61 Å². The van der Waals surface area contributed by atoms with Crippen LogP contribution in [-0.2, 0) is 9.53 Å². The van der Waals surface area contributed by atoms with Crippen molar-refractivity contribution < 1.29 is 9.53 Å². The highest BCUT2D eigenvalue weighted by molar-refractivity contribution is 5.93. The lowest BCUT2D eigenvalue weighted by Crippen LogP contribution is -2.14. The molecule has 1 aromatic rings. The average Bonchev–Trinajstić information content (AvgIpc) is 2.55. The molecule has 0 fully saturated rings. The van der Waals surface area contributed by atoms with Gasteiger partial charge in [0.1, 0.15) is 0 Å². The van der Waals surface area contributed by atoms with Crippen LogP contribution in [0.15, 0.2) is 36.4 Å². The number of esters is 1. The van der Waals surface area contributed by atoms with Crippen molar-refractivity contribution >= 4 is 18.1 Å². The fraction of sp³-hybridized carbons (Fsp3) is 0.450. The van der Waals surface area contributed by atoms with Gasteiger partial charge >= 0.3 is 5.97 Å². The van der Waals surface area contributed by atoms with Crippen LogP contribution < -0.4 is 0 Å². The first-order chi connectivity index (χ1) is 10.6. The van der Waals surface area contributed by atoms with E-state index in [1.54, 1.807) is 13.0 Å². The van der Waals surface area contributed by atoms with E-state index in [9.17, 15) is 4.79 Å². The molecule has 0 aliphatic heterocycles. The van der Waals surface area contributed by atoms with Crippen molar-refractivity contribution in [1.29, 1.82) is 0 Å². The second-order valence-electron chi connectivity index (χ2n) is 5.68. The Morgan fingerprint density at radius 2 is 1.95 bits per heavy atom. The summed E-state index contributed by atoms with van der Waals surface area (Å²) in [4.78, 5) is 12.1. The number of benzene rings is 1. The summed E-state index contributed by atoms with van der Waals surface area (Å²) in [7, 11) is 0. The van der Waals surface area contributed by atoms with E-state index in [4.69, 9.17) is 4.74 Å². The van der Waals surface area contributed by atoms with Gasteiger partial charge < -0.3 is 4.74 Å². The molecule has 0 radical (unpaired) electrons. The van der Waals surface area contributed by atoms with Gasteiger partial charge in [0.25, 0.3) is 0 Å². The monoisotopic (exact) mass is 300 g/mol. The maximum Gasteiger partial charge on any atom is 0.333 e. The van der Waals surface area contributed by atoms with E-state index >= 15 is 0 Å². The molecule has 0 aliphatic rings. The summed E-state index contributed by atoms with van der Waals surface area (Å²) in [6.07, 6.45) is 8.21. The maximum atomic E-state index is 12.1. The zero-order valence-electron chi connectivity index (χ0n) is 14.1. The zero-order valence-corrected chi connectivity index (χ0v) is 14.1. The Balaban J connectivity index is 2.64. The lowest BCUT2D eigenvalue weighted by atomic mass is 10.0. The van der Waals surface area contributed by atoms with Gasteiger partial charge in [-0.15, -0.1) is 0 Å². The van der Waals surface area contributed by atoms with Crippen molar-refractivity contribution in [1.82, 2.24) is 0 Å². The topological polar surface area (TPSA) is 26.3 Å². The predicted molar refractivity (Wildman–Crippen MR) is 94.4 cm³/mol. The number of carbonyl (C=O) groups excluding carboxylic acids is 1. The summed E-state index contributed by atoms with van der Waals surface area (Å²) in [5, 5.41) is 0. The Morgan fingerprint density at radius 1 is 1.27 bits per heavy atom. The van der Waals surface area contributed by atoms with Crippen LogP contribution in [-0.4, -0.2) is 12.6 Å². The van der Waals surface area contributed by atoms with E-state index in [0.29, 0.717) is 18.1 Å². The Morgan fingerprint density at radius 3 is 2.55 bits per heavy atom. The van der Waals surface area contributed by atoms with Crippen molar-refractivity contribution in [3.63, 3.8) is 0 Å². The molecule has 1 unspecified atom stereocenters. The van der Waals surface area contributed by atoms with E-state index in [1.807, 2.05) is 30.3 Å². The molecule has 0 heterocycles. The normalized spacial score (nSPS) is 12.8. The summed E-state index contributed by atoms with van der Waals surface area (Å²) >= 11 is 0. The first kappa shape index (κ1) is 18.2. The molecule has 1 rings (SSSR count). The smallest absolute Gasteiger partial charge is 0.333 e. The fourth-order valence-corrected chi connectivity index (χ4v) is 2.33. The van der Waals surface area contributed by atoms with Crippen molar-refractivity contribution in [3.8, 4) is 0 Å². The van der Waals surface area contributed by atoms with Gasteiger partial charge in [-0.1, -0.05) is 70.0 Å². The molecular weight excluding hydrogens is 272 g/mol. The lowest BCUT2D eigenvalue weighted by Gasteiger charge is -2.14. The first-order valence-corrected chi connectivity index (χ1v) is 8.19. The first-order valence-electron chi connectivity index (χ1n) is 8.19. The number of unbranched alkanes of at least 4 members (excludes halogenated alkanes) is 1. The summed E-state index contributed by atoms with van der Waals surface area (Å²) in [6.45, 7) is 10.4. The van der Waals surface area contributed by atoms with E-state index in [0.717, 1.165) is 24.0 Å². The third kappa shape index (κ3) is 5.88. The lowest BCUT2D eigenvalue weighted by molar-refractivity contribution is -0.140. The van der Waals surface area contributed by atoms with Crippen LogP contribution in [0.25, 0.3) is 12.2 Å². The van der Waals surface area contributed by atoms with Crippen LogP contribution >= 0.6 is 0 Å². The molecule has 0 aromatic heterocycles. The Bertz CT molecular complexity index is 514. The van der Waals surface area contributed by atoms with Crippen LogP contribution in [0, 0.1) is 5.92 Å². The van der Waals surface area contributed by atoms with Gasteiger partial charge in [0.15, 0.2) is 0 Å². The largest absolute Gasteiger partial charge is 0.462 e. The molecule has 0 aliphatic carbocycles. The van der Waals surface area contributed by atoms with Crippen LogP contribution in [0.5, 0.6) is 0 Å². The number of rotatable bonds is 9. The molecule has 0 N–H and O–H groups in total.